The van der Waals surface area contributed by atoms with Crippen molar-refractivity contribution in [3.8, 4) is 0 Å². The molecular formula is C39H56N6O5S. The maximum Gasteiger partial charge on any atom is 0.408 e. The number of benzene rings is 2. The molecule has 0 aliphatic carbocycles. The van der Waals surface area contributed by atoms with Gasteiger partial charge >= 0.3 is 6.09 Å². The number of hydrogen-bond acceptors (Lipinski definition) is 8. The number of β-amino-alcohol motifs (C(OH)–C–C–N with tert-alkyl or cyclic N) is 1. The van der Waals surface area contributed by atoms with Crippen LogP contribution in [-0.4, -0.2) is 104 Å². The molecule has 0 radical (unpaired) electrons. The van der Waals surface area contributed by atoms with Crippen molar-refractivity contribution in [1.29, 1.82) is 0 Å². The third-order valence-electron chi connectivity index (χ3n) is 9.01. The van der Waals surface area contributed by atoms with Crippen LogP contribution in [0.3, 0.4) is 0 Å². The first-order valence-corrected chi connectivity index (χ1v) is 18.8. The predicted molar refractivity (Wildman–Crippen MR) is 201 cm³/mol. The van der Waals surface area contributed by atoms with E-state index in [0.717, 1.165) is 21.0 Å². The topological polar surface area (TPSA) is 138 Å². The second-order valence-corrected chi connectivity index (χ2v) is 16.2. The summed E-state index contributed by atoms with van der Waals surface area (Å²) >= 11 is 1.48. The van der Waals surface area contributed by atoms with E-state index in [2.05, 4.69) is 32.7 Å². The highest BCUT2D eigenvalue weighted by molar-refractivity contribution is 7.09. The Kier molecular flexibility index (Phi) is 14.2. The second kappa shape index (κ2) is 18.1. The number of rotatable bonds is 15. The monoisotopic (exact) mass is 720 g/mol. The quantitative estimate of drug-likeness (QED) is 0.173. The van der Waals surface area contributed by atoms with Crippen LogP contribution in [0.5, 0.6) is 0 Å². The number of hydrogen-bond donors (Lipinski definition) is 4. The maximum atomic E-state index is 14.1. The molecule has 0 saturated carbocycles. The Morgan fingerprint density at radius 3 is 2.16 bits per heavy atom. The largest absolute Gasteiger partial charge is 0.465 e. The lowest BCUT2D eigenvalue weighted by atomic mass is 9.97. The molecule has 4 N–H and O–H groups in total. The molecule has 0 unspecified atom stereocenters. The van der Waals surface area contributed by atoms with Crippen LogP contribution in [0, 0.1) is 5.92 Å². The third-order valence-corrected chi connectivity index (χ3v) is 10.2. The number of nitrogens with zero attached hydrogens (tertiary/aromatic N) is 4. The summed E-state index contributed by atoms with van der Waals surface area (Å²) < 4.78 is 0. The average molecular weight is 721 g/mol. The number of carbonyl (C=O) groups excluding carboxylic acids is 2. The average Bonchev–Trinajstić information content (AvgIpc) is 3.54. The lowest BCUT2D eigenvalue weighted by Crippen LogP contribution is -2.63. The Labute approximate surface area is 307 Å². The van der Waals surface area contributed by atoms with Gasteiger partial charge in [-0.25, -0.2) is 9.78 Å². The van der Waals surface area contributed by atoms with Crippen LogP contribution in [-0.2, 0) is 29.1 Å². The van der Waals surface area contributed by atoms with E-state index in [1.807, 2.05) is 107 Å². The molecule has 4 rings (SSSR count). The van der Waals surface area contributed by atoms with E-state index >= 15 is 0 Å². The van der Waals surface area contributed by atoms with Crippen molar-refractivity contribution in [2.24, 2.45) is 5.92 Å². The van der Waals surface area contributed by atoms with Crippen molar-refractivity contribution in [3.05, 3.63) is 87.9 Å². The van der Waals surface area contributed by atoms with E-state index < -0.39 is 41.8 Å². The van der Waals surface area contributed by atoms with Crippen molar-refractivity contribution in [3.63, 3.8) is 0 Å². The van der Waals surface area contributed by atoms with Crippen molar-refractivity contribution < 1.29 is 24.6 Å². The molecule has 1 aliphatic rings. The number of aliphatic hydroxyl groups is 1. The zero-order valence-electron chi connectivity index (χ0n) is 31.1. The van der Waals surface area contributed by atoms with Crippen molar-refractivity contribution in [2.45, 2.75) is 104 Å². The predicted octanol–water partition coefficient (Wildman–Crippen LogP) is 4.96. The van der Waals surface area contributed by atoms with Crippen molar-refractivity contribution >= 4 is 29.2 Å². The van der Waals surface area contributed by atoms with Crippen LogP contribution in [0.2, 0.25) is 0 Å². The standard InChI is InChI=1S/C39H56N6O5S/c1-26(2)34(45(38(49)50)22-30-25-51-37(40-30)27(3)4)36(48)41-31(20-28-14-10-8-11-15-28)33(46)24-44-19-18-43(21-29-16-12-9-13-17-29)23-32(44)35(47)42-39(5,6)7/h8-17,25-27,31-34,46H,18-24H2,1-7H3,(H,41,48)(H,42,47)(H,49,50)/t31-,32-,33-,34-/m0/s1. The smallest absolute Gasteiger partial charge is 0.408 e. The number of aromatic nitrogens is 1. The Balaban J connectivity index is 1.56. The SMILES string of the molecule is CC(C)c1nc(CN(C(=O)O)[C@H](C(=O)N[C@@H](Cc2ccccc2)[C@@H](O)CN2CCN(Cc3ccccc3)C[C@H]2C(=O)NC(C)(C)C)C(C)C)cs1. The van der Waals surface area contributed by atoms with Gasteiger partial charge in [-0.05, 0) is 44.2 Å². The molecule has 278 valence electrons. The zero-order valence-corrected chi connectivity index (χ0v) is 31.9. The van der Waals surface area contributed by atoms with Gasteiger partial charge in [-0.2, -0.15) is 0 Å². The molecule has 2 aromatic carbocycles. The summed E-state index contributed by atoms with van der Waals surface area (Å²) in [6, 6.07) is 17.4. The molecule has 12 heteroatoms. The summed E-state index contributed by atoms with van der Waals surface area (Å²) in [7, 11) is 0. The summed E-state index contributed by atoms with van der Waals surface area (Å²) in [4.78, 5) is 50.5. The first-order valence-electron chi connectivity index (χ1n) is 17.9. The number of piperazine rings is 1. The van der Waals surface area contributed by atoms with Gasteiger partial charge < -0.3 is 20.8 Å². The highest BCUT2D eigenvalue weighted by Crippen LogP contribution is 2.23. The number of carboxylic acid groups (broad SMARTS) is 1. The highest BCUT2D eigenvalue weighted by atomic mass is 32.1. The van der Waals surface area contributed by atoms with Gasteiger partial charge in [0.25, 0.3) is 0 Å². The van der Waals surface area contributed by atoms with Crippen LogP contribution < -0.4 is 10.6 Å². The maximum absolute atomic E-state index is 14.1. The van der Waals surface area contributed by atoms with Gasteiger partial charge in [-0.1, -0.05) is 88.4 Å². The van der Waals surface area contributed by atoms with Gasteiger partial charge in [0.15, 0.2) is 0 Å². The number of nitrogens with one attached hydrogen (secondary N) is 2. The number of aliphatic hydroxyl groups excluding tert-OH is 1. The lowest BCUT2D eigenvalue weighted by Gasteiger charge is -2.43. The minimum Gasteiger partial charge on any atom is -0.465 e. The summed E-state index contributed by atoms with van der Waals surface area (Å²) in [5.41, 5.74) is 2.23. The van der Waals surface area contributed by atoms with Gasteiger partial charge in [0, 0.05) is 49.6 Å². The van der Waals surface area contributed by atoms with Crippen molar-refractivity contribution in [2.75, 3.05) is 26.2 Å². The van der Waals surface area contributed by atoms with Crippen LogP contribution in [0.25, 0.3) is 0 Å². The van der Waals surface area contributed by atoms with Crippen LogP contribution in [0.4, 0.5) is 4.79 Å². The lowest BCUT2D eigenvalue weighted by molar-refractivity contribution is -0.133. The third kappa shape index (κ3) is 11.8. The Bertz CT molecular complexity index is 1560. The first kappa shape index (κ1) is 39.9. The molecule has 3 aromatic rings. The number of carbonyl (C=O) groups is 3. The van der Waals surface area contributed by atoms with E-state index in [1.54, 1.807) is 0 Å². The molecule has 1 fully saturated rings. The van der Waals surface area contributed by atoms with Gasteiger partial charge in [0.2, 0.25) is 11.8 Å². The van der Waals surface area contributed by atoms with Crippen LogP contribution in [0.1, 0.15) is 76.2 Å². The fraction of sp³-hybridized carbons (Fsp3) is 0.538. The Morgan fingerprint density at radius 1 is 0.980 bits per heavy atom. The molecule has 51 heavy (non-hydrogen) atoms. The minimum atomic E-state index is -1.22. The molecule has 1 aromatic heterocycles. The molecular weight excluding hydrogens is 665 g/mol. The molecule has 4 atom stereocenters. The van der Waals surface area contributed by atoms with E-state index in [0.29, 0.717) is 38.3 Å². The van der Waals surface area contributed by atoms with E-state index in [9.17, 15) is 24.6 Å². The summed E-state index contributed by atoms with van der Waals surface area (Å²) in [5.74, 6) is -0.753. The molecule has 3 amide bonds. The molecule has 11 nitrogen and oxygen atoms in total. The van der Waals surface area contributed by atoms with E-state index in [-0.39, 0.29) is 30.8 Å². The van der Waals surface area contributed by atoms with Crippen LogP contribution >= 0.6 is 11.3 Å². The zero-order chi connectivity index (χ0) is 37.3. The molecule has 2 heterocycles. The highest BCUT2D eigenvalue weighted by Gasteiger charge is 2.38. The Morgan fingerprint density at radius 2 is 1.61 bits per heavy atom. The van der Waals surface area contributed by atoms with Gasteiger partial charge in [0.1, 0.15) is 12.1 Å². The van der Waals surface area contributed by atoms with Gasteiger partial charge in [0.05, 0.1) is 29.4 Å². The molecule has 1 saturated heterocycles. The van der Waals surface area contributed by atoms with Gasteiger partial charge in [-0.15, -0.1) is 11.3 Å². The van der Waals surface area contributed by atoms with Crippen LogP contribution in [0.15, 0.2) is 66.0 Å². The number of thiazole rings is 1. The van der Waals surface area contributed by atoms with Gasteiger partial charge in [-0.3, -0.25) is 24.3 Å². The van der Waals surface area contributed by atoms with Crippen molar-refractivity contribution in [1.82, 2.24) is 30.3 Å². The fourth-order valence-electron chi connectivity index (χ4n) is 6.49. The second-order valence-electron chi connectivity index (χ2n) is 15.3. The summed E-state index contributed by atoms with van der Waals surface area (Å²) in [6.07, 6.45) is -1.95. The first-order chi connectivity index (χ1) is 24.1. The molecule has 0 bridgehead atoms. The van der Waals surface area contributed by atoms with E-state index in [4.69, 9.17) is 0 Å². The summed E-state index contributed by atoms with van der Waals surface area (Å²) in [6.45, 7) is 16.1. The number of amides is 3. The Hall–Kier alpha value is -3.84. The van der Waals surface area contributed by atoms with E-state index in [1.165, 1.54) is 11.3 Å². The normalized spacial score (nSPS) is 17.6. The fourth-order valence-corrected chi connectivity index (χ4v) is 7.32. The molecule has 1 aliphatic heterocycles. The minimum absolute atomic E-state index is 0.0292. The summed E-state index contributed by atoms with van der Waals surface area (Å²) in [5, 5.41) is 31.2. The molecule has 0 spiro atoms.